The molecule has 0 saturated heterocycles. The Hall–Kier alpha value is -1.65. The lowest BCUT2D eigenvalue weighted by Crippen LogP contribution is -2.05. The van der Waals surface area contributed by atoms with Gasteiger partial charge in [-0.25, -0.2) is 14.2 Å². The summed E-state index contributed by atoms with van der Waals surface area (Å²) in [5, 5.41) is 9.44. The molecule has 2 aromatic rings. The molecule has 0 aliphatic carbocycles. The van der Waals surface area contributed by atoms with E-state index in [2.05, 4.69) is 4.98 Å². The van der Waals surface area contributed by atoms with E-state index >= 15 is 0 Å². The van der Waals surface area contributed by atoms with Crippen LogP contribution in [-0.2, 0) is 0 Å². The maximum atomic E-state index is 13.2. The number of aromatic carboxylic acids is 1. The van der Waals surface area contributed by atoms with Gasteiger partial charge >= 0.3 is 5.97 Å². The largest absolute Gasteiger partial charge is 0.476 e. The standard InChI is InChI=1S/C12H6Cl2FNO2/c13-6-2-1-3-7(14)10(6)9-5-4-8(15)11(16-9)12(17)18/h1-5H,(H,17,18). The van der Waals surface area contributed by atoms with Gasteiger partial charge in [0, 0.05) is 5.56 Å². The number of hydrogen-bond acceptors (Lipinski definition) is 2. The van der Waals surface area contributed by atoms with E-state index in [1.807, 2.05) is 0 Å². The van der Waals surface area contributed by atoms with Crippen molar-refractivity contribution < 1.29 is 14.3 Å². The number of carbonyl (C=O) groups is 1. The zero-order chi connectivity index (χ0) is 13.3. The summed E-state index contributed by atoms with van der Waals surface area (Å²) in [6.07, 6.45) is 0. The fraction of sp³-hybridized carbons (Fsp3) is 0. The molecule has 6 heteroatoms. The third kappa shape index (κ3) is 2.30. The summed E-state index contributed by atoms with van der Waals surface area (Å²) in [6.45, 7) is 0. The van der Waals surface area contributed by atoms with Gasteiger partial charge in [0.2, 0.25) is 0 Å². The second kappa shape index (κ2) is 4.92. The SMILES string of the molecule is O=C(O)c1nc(-c2c(Cl)cccc2Cl)ccc1F. The molecule has 18 heavy (non-hydrogen) atoms. The molecular weight excluding hydrogens is 280 g/mol. The summed E-state index contributed by atoms with van der Waals surface area (Å²) in [7, 11) is 0. The molecule has 0 amide bonds. The number of hydrogen-bond donors (Lipinski definition) is 1. The number of nitrogens with zero attached hydrogens (tertiary/aromatic N) is 1. The summed E-state index contributed by atoms with van der Waals surface area (Å²) >= 11 is 11.9. The average molecular weight is 286 g/mol. The van der Waals surface area contributed by atoms with Crippen LogP contribution in [0.2, 0.25) is 10.0 Å². The lowest BCUT2D eigenvalue weighted by Gasteiger charge is -2.07. The van der Waals surface area contributed by atoms with Crippen LogP contribution in [0.3, 0.4) is 0 Å². The van der Waals surface area contributed by atoms with Gasteiger partial charge in [-0.2, -0.15) is 0 Å². The number of benzene rings is 1. The van der Waals surface area contributed by atoms with Crippen LogP contribution < -0.4 is 0 Å². The number of aromatic nitrogens is 1. The molecule has 0 bridgehead atoms. The minimum absolute atomic E-state index is 0.212. The Bertz CT molecular complexity index is 611. The molecule has 0 unspecified atom stereocenters. The molecule has 1 N–H and O–H groups in total. The van der Waals surface area contributed by atoms with Crippen LogP contribution in [0.1, 0.15) is 10.5 Å². The van der Waals surface area contributed by atoms with E-state index in [-0.39, 0.29) is 5.69 Å². The highest BCUT2D eigenvalue weighted by Crippen LogP contribution is 2.33. The minimum atomic E-state index is -1.45. The van der Waals surface area contributed by atoms with Crippen molar-refractivity contribution in [2.45, 2.75) is 0 Å². The van der Waals surface area contributed by atoms with Crippen molar-refractivity contribution in [3.63, 3.8) is 0 Å². The highest BCUT2D eigenvalue weighted by atomic mass is 35.5. The monoisotopic (exact) mass is 285 g/mol. The maximum Gasteiger partial charge on any atom is 0.357 e. The number of carboxylic acids is 1. The van der Waals surface area contributed by atoms with E-state index in [0.29, 0.717) is 15.6 Å². The van der Waals surface area contributed by atoms with Crippen molar-refractivity contribution in [3.05, 3.63) is 51.9 Å². The molecule has 0 saturated carbocycles. The van der Waals surface area contributed by atoms with Crippen LogP contribution in [0, 0.1) is 5.82 Å². The fourth-order valence-corrected chi connectivity index (χ4v) is 2.06. The minimum Gasteiger partial charge on any atom is -0.476 e. The highest BCUT2D eigenvalue weighted by Gasteiger charge is 2.16. The van der Waals surface area contributed by atoms with Crippen molar-refractivity contribution in [1.82, 2.24) is 4.98 Å². The van der Waals surface area contributed by atoms with Gasteiger partial charge in [-0.15, -0.1) is 0 Å². The predicted octanol–water partition coefficient (Wildman–Crippen LogP) is 3.89. The zero-order valence-electron chi connectivity index (χ0n) is 8.82. The van der Waals surface area contributed by atoms with Crippen molar-refractivity contribution in [1.29, 1.82) is 0 Å². The first kappa shape index (κ1) is 12.8. The van der Waals surface area contributed by atoms with E-state index in [1.54, 1.807) is 18.2 Å². The summed E-state index contributed by atoms with van der Waals surface area (Å²) < 4.78 is 13.2. The van der Waals surface area contributed by atoms with Crippen molar-refractivity contribution in [2.24, 2.45) is 0 Å². The van der Waals surface area contributed by atoms with Crippen LogP contribution >= 0.6 is 23.2 Å². The lowest BCUT2D eigenvalue weighted by molar-refractivity contribution is 0.0685. The Labute approximate surface area is 112 Å². The van der Waals surface area contributed by atoms with Crippen molar-refractivity contribution in [3.8, 4) is 11.3 Å². The second-order valence-corrected chi connectivity index (χ2v) is 4.24. The quantitative estimate of drug-likeness (QED) is 0.911. The van der Waals surface area contributed by atoms with Gasteiger partial charge in [0.1, 0.15) is 0 Å². The van der Waals surface area contributed by atoms with E-state index < -0.39 is 17.5 Å². The second-order valence-electron chi connectivity index (χ2n) is 3.43. The molecule has 1 aromatic carbocycles. The van der Waals surface area contributed by atoms with Crippen molar-refractivity contribution >= 4 is 29.2 Å². The van der Waals surface area contributed by atoms with Crippen LogP contribution in [-0.4, -0.2) is 16.1 Å². The van der Waals surface area contributed by atoms with Gasteiger partial charge in [0.25, 0.3) is 0 Å². The van der Waals surface area contributed by atoms with Crippen LogP contribution in [0.4, 0.5) is 4.39 Å². The summed E-state index contributed by atoms with van der Waals surface area (Å²) in [4.78, 5) is 14.5. The normalized spacial score (nSPS) is 10.4. The molecule has 2 rings (SSSR count). The Balaban J connectivity index is 2.65. The zero-order valence-corrected chi connectivity index (χ0v) is 10.3. The first-order chi connectivity index (χ1) is 8.50. The smallest absolute Gasteiger partial charge is 0.357 e. The maximum absolute atomic E-state index is 13.2. The number of halogens is 3. The van der Waals surface area contributed by atoms with Gasteiger partial charge in [-0.05, 0) is 24.3 Å². The lowest BCUT2D eigenvalue weighted by atomic mass is 10.1. The Morgan fingerprint density at radius 1 is 1.17 bits per heavy atom. The van der Waals surface area contributed by atoms with E-state index in [4.69, 9.17) is 28.3 Å². The van der Waals surface area contributed by atoms with Gasteiger partial charge in [0.15, 0.2) is 11.5 Å². The molecule has 0 fully saturated rings. The van der Waals surface area contributed by atoms with E-state index in [0.717, 1.165) is 6.07 Å². The van der Waals surface area contributed by atoms with Gasteiger partial charge in [-0.3, -0.25) is 0 Å². The van der Waals surface area contributed by atoms with Gasteiger partial charge in [0.05, 0.1) is 15.7 Å². The van der Waals surface area contributed by atoms with Gasteiger partial charge in [-0.1, -0.05) is 29.3 Å². The molecule has 1 aromatic heterocycles. The van der Waals surface area contributed by atoms with Crippen LogP contribution in [0.25, 0.3) is 11.3 Å². The summed E-state index contributed by atoms with van der Waals surface area (Å²) in [5.74, 6) is -2.35. The first-order valence-corrected chi connectivity index (χ1v) is 5.60. The number of carboxylic acid groups (broad SMARTS) is 1. The Kier molecular flexibility index (Phi) is 3.50. The fourth-order valence-electron chi connectivity index (χ4n) is 1.47. The van der Waals surface area contributed by atoms with Crippen LogP contribution in [0.5, 0.6) is 0 Å². The molecule has 0 atom stereocenters. The summed E-state index contributed by atoms with van der Waals surface area (Å²) in [6, 6.07) is 7.18. The Morgan fingerprint density at radius 3 is 2.33 bits per heavy atom. The average Bonchev–Trinajstić information content (AvgIpc) is 2.30. The third-order valence-electron chi connectivity index (χ3n) is 2.27. The molecule has 0 radical (unpaired) electrons. The van der Waals surface area contributed by atoms with Crippen LogP contribution in [0.15, 0.2) is 30.3 Å². The summed E-state index contributed by atoms with van der Waals surface area (Å²) in [5.41, 5.74) is -0.0729. The molecule has 0 aliphatic heterocycles. The molecule has 3 nitrogen and oxygen atoms in total. The Morgan fingerprint density at radius 2 is 1.78 bits per heavy atom. The third-order valence-corrected chi connectivity index (χ3v) is 2.90. The highest BCUT2D eigenvalue weighted by molar-refractivity contribution is 6.39. The molecular formula is C12H6Cl2FNO2. The topological polar surface area (TPSA) is 50.2 Å². The first-order valence-electron chi connectivity index (χ1n) is 4.85. The van der Waals surface area contributed by atoms with Crippen molar-refractivity contribution in [2.75, 3.05) is 0 Å². The molecule has 0 spiro atoms. The number of pyridine rings is 1. The van der Waals surface area contributed by atoms with E-state index in [1.165, 1.54) is 6.07 Å². The molecule has 0 aliphatic rings. The predicted molar refractivity (Wildman–Crippen MR) is 66.6 cm³/mol. The number of rotatable bonds is 2. The molecule has 1 heterocycles. The van der Waals surface area contributed by atoms with E-state index in [9.17, 15) is 9.18 Å². The molecule has 92 valence electrons. The van der Waals surface area contributed by atoms with Gasteiger partial charge < -0.3 is 5.11 Å².